The van der Waals surface area contributed by atoms with Gasteiger partial charge in [-0.25, -0.2) is 0 Å². The monoisotopic (exact) mass is 313 g/mol. The lowest BCUT2D eigenvalue weighted by atomic mass is 10.0. The predicted octanol–water partition coefficient (Wildman–Crippen LogP) is 2.09. The molecule has 0 saturated heterocycles. The van der Waals surface area contributed by atoms with Gasteiger partial charge in [0.25, 0.3) is 0 Å². The Hall–Kier alpha value is 0.160. The quantitative estimate of drug-likeness (QED) is 0.821. The van der Waals surface area contributed by atoms with Gasteiger partial charge in [0, 0.05) is 3.57 Å². The Morgan fingerprint density at radius 2 is 1.77 bits per heavy atom. The van der Waals surface area contributed by atoms with Crippen LogP contribution < -0.4 is 5.73 Å². The third kappa shape index (κ3) is 3.81. The highest BCUT2D eigenvalue weighted by atomic mass is 127. The molecule has 0 heterocycles. The van der Waals surface area contributed by atoms with E-state index in [1.807, 2.05) is 24.3 Å². The molecule has 0 aliphatic carbocycles. The number of benzene rings is 1. The maximum atomic E-state index is 9.22. The maximum Gasteiger partial charge on any atom is 0.0704 e. The number of hydrogen-bond donors (Lipinski definition) is 2. The van der Waals surface area contributed by atoms with E-state index in [9.17, 15) is 5.11 Å². The zero-order valence-electron chi connectivity index (χ0n) is 7.27. The van der Waals surface area contributed by atoms with Crippen molar-refractivity contribution in [1.82, 2.24) is 0 Å². The van der Waals surface area contributed by atoms with E-state index in [-0.39, 0.29) is 18.4 Å². The van der Waals surface area contributed by atoms with Crippen LogP contribution in [0, 0.1) is 3.57 Å². The van der Waals surface area contributed by atoms with E-state index in [0.717, 1.165) is 5.56 Å². The second-order valence-electron chi connectivity index (χ2n) is 2.82. The molecular formula is C9H13ClINO. The van der Waals surface area contributed by atoms with Gasteiger partial charge in [-0.15, -0.1) is 12.4 Å². The zero-order chi connectivity index (χ0) is 9.14. The number of rotatable bonds is 2. The summed E-state index contributed by atoms with van der Waals surface area (Å²) in [5, 5.41) is 9.22. The van der Waals surface area contributed by atoms with Crippen LogP contribution in [0.1, 0.15) is 18.5 Å². The summed E-state index contributed by atoms with van der Waals surface area (Å²) in [4.78, 5) is 0. The molecule has 0 saturated carbocycles. The highest BCUT2D eigenvalue weighted by Crippen LogP contribution is 2.15. The SMILES string of the molecule is C[C@H](O)[C@H](N)c1ccc(I)cc1.Cl. The van der Waals surface area contributed by atoms with Gasteiger partial charge in [0.15, 0.2) is 0 Å². The van der Waals surface area contributed by atoms with E-state index in [4.69, 9.17) is 5.73 Å². The van der Waals surface area contributed by atoms with E-state index in [1.165, 1.54) is 3.57 Å². The first-order valence-electron chi connectivity index (χ1n) is 3.80. The smallest absolute Gasteiger partial charge is 0.0704 e. The minimum absolute atomic E-state index is 0. The summed E-state index contributed by atoms with van der Waals surface area (Å²) < 4.78 is 1.18. The van der Waals surface area contributed by atoms with Gasteiger partial charge in [-0.1, -0.05) is 12.1 Å². The van der Waals surface area contributed by atoms with Gasteiger partial charge in [0.1, 0.15) is 0 Å². The lowest BCUT2D eigenvalue weighted by molar-refractivity contribution is 0.164. The molecular weight excluding hydrogens is 300 g/mol. The van der Waals surface area contributed by atoms with Crippen molar-refractivity contribution >= 4 is 35.0 Å². The summed E-state index contributed by atoms with van der Waals surface area (Å²) in [6.45, 7) is 1.70. The minimum Gasteiger partial charge on any atom is -0.391 e. The van der Waals surface area contributed by atoms with Crippen LogP contribution in [0.4, 0.5) is 0 Å². The van der Waals surface area contributed by atoms with Crippen molar-refractivity contribution in [3.05, 3.63) is 33.4 Å². The molecule has 0 aliphatic rings. The normalized spacial score (nSPS) is 14.5. The van der Waals surface area contributed by atoms with Crippen LogP contribution in [0.2, 0.25) is 0 Å². The summed E-state index contributed by atoms with van der Waals surface area (Å²) >= 11 is 2.23. The van der Waals surface area contributed by atoms with Gasteiger partial charge >= 0.3 is 0 Å². The summed E-state index contributed by atoms with van der Waals surface area (Å²) in [6, 6.07) is 7.58. The lowest BCUT2D eigenvalue weighted by Gasteiger charge is -2.14. The van der Waals surface area contributed by atoms with Crippen LogP contribution in [-0.2, 0) is 0 Å². The maximum absolute atomic E-state index is 9.22. The highest BCUT2D eigenvalue weighted by molar-refractivity contribution is 14.1. The number of nitrogens with two attached hydrogens (primary N) is 1. The van der Waals surface area contributed by atoms with Crippen molar-refractivity contribution in [3.63, 3.8) is 0 Å². The Bertz CT molecular complexity index is 250. The van der Waals surface area contributed by atoms with Crippen molar-refractivity contribution < 1.29 is 5.11 Å². The van der Waals surface area contributed by atoms with Gasteiger partial charge in [-0.2, -0.15) is 0 Å². The van der Waals surface area contributed by atoms with Crippen molar-refractivity contribution in [1.29, 1.82) is 0 Å². The molecule has 0 aliphatic heterocycles. The number of hydrogen-bond acceptors (Lipinski definition) is 2. The molecule has 2 nitrogen and oxygen atoms in total. The van der Waals surface area contributed by atoms with Crippen LogP contribution in [0.5, 0.6) is 0 Å². The topological polar surface area (TPSA) is 46.2 Å². The van der Waals surface area contributed by atoms with Gasteiger partial charge in [-0.3, -0.25) is 0 Å². The average molecular weight is 314 g/mol. The number of aliphatic hydroxyl groups is 1. The Labute approximate surface area is 98.1 Å². The van der Waals surface area contributed by atoms with E-state index >= 15 is 0 Å². The van der Waals surface area contributed by atoms with Crippen molar-refractivity contribution in [2.24, 2.45) is 5.73 Å². The Morgan fingerprint density at radius 1 is 1.31 bits per heavy atom. The first kappa shape index (κ1) is 13.2. The summed E-state index contributed by atoms with van der Waals surface area (Å²) in [5.41, 5.74) is 6.71. The third-order valence-electron chi connectivity index (χ3n) is 1.77. The van der Waals surface area contributed by atoms with Crippen LogP contribution in [0.15, 0.2) is 24.3 Å². The van der Waals surface area contributed by atoms with E-state index in [1.54, 1.807) is 6.92 Å². The molecule has 74 valence electrons. The molecule has 1 aromatic carbocycles. The van der Waals surface area contributed by atoms with Gasteiger partial charge < -0.3 is 10.8 Å². The second-order valence-corrected chi connectivity index (χ2v) is 4.06. The largest absolute Gasteiger partial charge is 0.391 e. The van der Waals surface area contributed by atoms with Crippen molar-refractivity contribution in [2.45, 2.75) is 19.1 Å². The van der Waals surface area contributed by atoms with Crippen LogP contribution in [-0.4, -0.2) is 11.2 Å². The molecule has 13 heavy (non-hydrogen) atoms. The molecule has 0 spiro atoms. The van der Waals surface area contributed by atoms with Gasteiger partial charge in [0.05, 0.1) is 12.1 Å². The van der Waals surface area contributed by atoms with Crippen molar-refractivity contribution in [3.8, 4) is 0 Å². The van der Waals surface area contributed by atoms with Gasteiger partial charge in [0.2, 0.25) is 0 Å². The molecule has 0 fully saturated rings. The minimum atomic E-state index is -0.495. The predicted molar refractivity (Wildman–Crippen MR) is 65.0 cm³/mol. The number of halogens is 2. The first-order chi connectivity index (χ1) is 5.61. The molecule has 4 heteroatoms. The van der Waals surface area contributed by atoms with Crippen molar-refractivity contribution in [2.75, 3.05) is 0 Å². The second kappa shape index (κ2) is 5.80. The fraction of sp³-hybridized carbons (Fsp3) is 0.333. The van der Waals surface area contributed by atoms with Gasteiger partial charge in [-0.05, 0) is 47.2 Å². The Morgan fingerprint density at radius 3 is 2.15 bits per heavy atom. The summed E-state index contributed by atoms with van der Waals surface area (Å²) in [6.07, 6.45) is -0.495. The Balaban J connectivity index is 0.00000144. The third-order valence-corrected chi connectivity index (χ3v) is 2.49. The molecule has 0 amide bonds. The molecule has 2 atom stereocenters. The van der Waals surface area contributed by atoms with E-state index < -0.39 is 6.10 Å². The lowest BCUT2D eigenvalue weighted by Crippen LogP contribution is -2.22. The van der Waals surface area contributed by atoms with Crippen LogP contribution >= 0.6 is 35.0 Å². The summed E-state index contributed by atoms with van der Waals surface area (Å²) in [7, 11) is 0. The summed E-state index contributed by atoms with van der Waals surface area (Å²) in [5.74, 6) is 0. The molecule has 0 bridgehead atoms. The Kier molecular flexibility index (Phi) is 5.87. The number of aliphatic hydroxyl groups excluding tert-OH is 1. The molecule has 1 rings (SSSR count). The zero-order valence-corrected chi connectivity index (χ0v) is 10.2. The average Bonchev–Trinajstić information content (AvgIpc) is 2.04. The molecule has 1 aromatic rings. The fourth-order valence-corrected chi connectivity index (χ4v) is 1.32. The molecule has 0 unspecified atom stereocenters. The molecule has 3 N–H and O–H groups in total. The fourth-order valence-electron chi connectivity index (χ4n) is 0.964. The van der Waals surface area contributed by atoms with Crippen LogP contribution in [0.3, 0.4) is 0 Å². The highest BCUT2D eigenvalue weighted by Gasteiger charge is 2.10. The van der Waals surface area contributed by atoms with E-state index in [0.29, 0.717) is 0 Å². The standard InChI is InChI=1S/C9H12INO.ClH/c1-6(12)9(11)7-2-4-8(10)5-3-7;/h2-6,9,12H,11H2,1H3;1H/t6-,9-;/m0./s1. The van der Waals surface area contributed by atoms with E-state index in [2.05, 4.69) is 22.6 Å². The first-order valence-corrected chi connectivity index (χ1v) is 4.88. The molecule has 0 radical (unpaired) electrons. The molecule has 0 aromatic heterocycles. The van der Waals surface area contributed by atoms with Crippen LogP contribution in [0.25, 0.3) is 0 Å².